The van der Waals surface area contributed by atoms with Crippen molar-refractivity contribution in [3.63, 3.8) is 0 Å². The molecule has 24 heavy (non-hydrogen) atoms. The second kappa shape index (κ2) is 7.85. The minimum absolute atomic E-state index is 0.0137. The van der Waals surface area contributed by atoms with E-state index < -0.39 is 10.0 Å². The number of nitrogens with two attached hydrogens (primary N) is 1. The fourth-order valence-electron chi connectivity index (χ4n) is 2.67. The molecule has 1 amide bonds. The summed E-state index contributed by atoms with van der Waals surface area (Å²) in [5.41, 5.74) is 0.856. The van der Waals surface area contributed by atoms with Gasteiger partial charge in [-0.1, -0.05) is 13.8 Å². The lowest BCUT2D eigenvalue weighted by Gasteiger charge is -2.25. The highest BCUT2D eigenvalue weighted by Gasteiger charge is 2.30. The second-order valence-corrected chi connectivity index (χ2v) is 7.11. The third kappa shape index (κ3) is 3.81. The smallest absolute Gasteiger partial charge is 0.254 e. The lowest BCUT2D eigenvalue weighted by atomic mass is 9.94. The Balaban J connectivity index is 3.90. The van der Waals surface area contributed by atoms with E-state index in [-0.39, 0.29) is 33.8 Å². The monoisotopic (exact) mass is 358 g/mol. The molecule has 0 saturated heterocycles. The van der Waals surface area contributed by atoms with Gasteiger partial charge in [-0.25, -0.2) is 13.6 Å². The van der Waals surface area contributed by atoms with Gasteiger partial charge in [-0.3, -0.25) is 4.79 Å². The topological polar surface area (TPSA) is 98.9 Å². The normalized spacial score (nSPS) is 11.5. The molecule has 0 aromatic heterocycles. The molecular formula is C16H26N2O5S. The Hall–Kier alpha value is -1.80. The van der Waals surface area contributed by atoms with Crippen molar-refractivity contribution in [2.75, 3.05) is 27.3 Å². The van der Waals surface area contributed by atoms with Gasteiger partial charge in [-0.15, -0.1) is 0 Å². The molecule has 0 spiro atoms. The van der Waals surface area contributed by atoms with Gasteiger partial charge in [-0.2, -0.15) is 0 Å². The first-order valence-corrected chi connectivity index (χ1v) is 9.29. The van der Waals surface area contributed by atoms with Crippen LogP contribution in [0.3, 0.4) is 0 Å². The number of benzene rings is 1. The van der Waals surface area contributed by atoms with Gasteiger partial charge in [-0.05, 0) is 25.8 Å². The predicted molar refractivity (Wildman–Crippen MR) is 92.3 cm³/mol. The molecule has 0 unspecified atom stereocenters. The fourth-order valence-corrected chi connectivity index (χ4v) is 3.39. The van der Waals surface area contributed by atoms with E-state index in [1.54, 1.807) is 4.90 Å². The van der Waals surface area contributed by atoms with Crippen LogP contribution in [0, 0.1) is 0 Å². The van der Waals surface area contributed by atoms with E-state index in [2.05, 4.69) is 0 Å². The highest BCUT2D eigenvalue weighted by molar-refractivity contribution is 7.89. The van der Waals surface area contributed by atoms with Crippen molar-refractivity contribution < 1.29 is 22.7 Å². The third-order valence-electron chi connectivity index (χ3n) is 3.81. The van der Waals surface area contributed by atoms with Crippen LogP contribution in [0.5, 0.6) is 11.5 Å². The van der Waals surface area contributed by atoms with Crippen molar-refractivity contribution in [2.45, 2.75) is 38.5 Å². The first-order chi connectivity index (χ1) is 11.1. The molecule has 8 heteroatoms. The van der Waals surface area contributed by atoms with Gasteiger partial charge >= 0.3 is 0 Å². The molecular weight excluding hydrogens is 332 g/mol. The summed E-state index contributed by atoms with van der Waals surface area (Å²) in [7, 11) is -1.35. The lowest BCUT2D eigenvalue weighted by molar-refractivity contribution is 0.0770. The average molecular weight is 358 g/mol. The molecule has 1 aromatic rings. The Labute approximate surface area is 143 Å². The molecule has 2 N–H and O–H groups in total. The highest BCUT2D eigenvalue weighted by Crippen LogP contribution is 2.42. The van der Waals surface area contributed by atoms with Gasteiger partial charge < -0.3 is 14.4 Å². The molecule has 0 aliphatic heterocycles. The van der Waals surface area contributed by atoms with E-state index in [1.165, 1.54) is 20.3 Å². The van der Waals surface area contributed by atoms with Crippen LogP contribution in [0.1, 0.15) is 49.5 Å². The minimum Gasteiger partial charge on any atom is -0.492 e. The third-order valence-corrected chi connectivity index (χ3v) is 4.73. The summed E-state index contributed by atoms with van der Waals surface area (Å²) < 4.78 is 34.5. The van der Waals surface area contributed by atoms with E-state index in [9.17, 15) is 13.2 Å². The second-order valence-electron chi connectivity index (χ2n) is 5.58. The van der Waals surface area contributed by atoms with Crippen LogP contribution in [-0.2, 0) is 10.0 Å². The number of carbonyl (C=O) groups excluding carboxylic acids is 1. The summed E-state index contributed by atoms with van der Waals surface area (Å²) >= 11 is 0. The zero-order valence-corrected chi connectivity index (χ0v) is 15.9. The van der Waals surface area contributed by atoms with Gasteiger partial charge in [0.05, 0.1) is 14.2 Å². The first-order valence-electron chi connectivity index (χ1n) is 7.74. The zero-order chi connectivity index (χ0) is 18.7. The Kier molecular flexibility index (Phi) is 6.62. The number of nitrogens with zero attached hydrogens (tertiary/aromatic N) is 1. The highest BCUT2D eigenvalue weighted by atomic mass is 32.2. The summed E-state index contributed by atoms with van der Waals surface area (Å²) in [6.45, 7) is 8.52. The predicted octanol–water partition coefficient (Wildman–Crippen LogP) is 1.96. The molecule has 1 rings (SSSR count). The summed E-state index contributed by atoms with van der Waals surface area (Å²) in [5.74, 6) is -0.123. The number of sulfonamides is 1. The zero-order valence-electron chi connectivity index (χ0n) is 15.0. The van der Waals surface area contributed by atoms with Crippen LogP contribution in [0.25, 0.3) is 0 Å². The molecule has 0 saturated carbocycles. The Morgan fingerprint density at radius 1 is 1.17 bits per heavy atom. The molecule has 0 aliphatic rings. The van der Waals surface area contributed by atoms with Crippen LogP contribution < -0.4 is 14.6 Å². The molecule has 0 aliphatic carbocycles. The van der Waals surface area contributed by atoms with Gasteiger partial charge in [0.1, 0.15) is 4.90 Å². The summed E-state index contributed by atoms with van der Waals surface area (Å²) in [4.78, 5) is 14.2. The van der Waals surface area contributed by atoms with Crippen LogP contribution in [-0.4, -0.2) is 46.5 Å². The fraction of sp³-hybridized carbons (Fsp3) is 0.562. The number of ether oxygens (including phenoxy) is 2. The maximum atomic E-state index is 12.9. The van der Waals surface area contributed by atoms with E-state index in [1.807, 2.05) is 27.7 Å². The Bertz CT molecular complexity index is 710. The van der Waals surface area contributed by atoms with Crippen molar-refractivity contribution in [3.8, 4) is 11.5 Å². The average Bonchev–Trinajstić information content (AvgIpc) is 2.52. The molecule has 1 aromatic carbocycles. The molecule has 0 fully saturated rings. The van der Waals surface area contributed by atoms with Crippen LogP contribution in [0.15, 0.2) is 11.0 Å². The van der Waals surface area contributed by atoms with E-state index >= 15 is 0 Å². The van der Waals surface area contributed by atoms with E-state index in [0.717, 1.165) is 0 Å². The number of methoxy groups -OCH3 is 2. The number of carbonyl (C=O) groups is 1. The summed E-state index contributed by atoms with van der Waals surface area (Å²) in [5, 5.41) is 5.30. The number of hydrogen-bond acceptors (Lipinski definition) is 5. The standard InChI is InChI=1S/C16H26N2O5S/c1-7-18(8-2)16(19)11-9-12(24(17,20)21)14(22-5)15(23-6)13(11)10(3)4/h9-10H,7-8H2,1-6H3,(H2,17,20,21). The van der Waals surface area contributed by atoms with Gasteiger partial charge in [0.15, 0.2) is 11.5 Å². The van der Waals surface area contributed by atoms with E-state index in [0.29, 0.717) is 18.7 Å². The maximum Gasteiger partial charge on any atom is 0.254 e. The summed E-state index contributed by atoms with van der Waals surface area (Å²) in [6, 6.07) is 1.28. The quantitative estimate of drug-likeness (QED) is 0.803. The van der Waals surface area contributed by atoms with Crippen LogP contribution in [0.2, 0.25) is 0 Å². The molecule has 136 valence electrons. The van der Waals surface area contributed by atoms with Gasteiger partial charge in [0.2, 0.25) is 10.0 Å². The van der Waals surface area contributed by atoms with Crippen LogP contribution in [0.4, 0.5) is 0 Å². The number of amides is 1. The Morgan fingerprint density at radius 3 is 2.00 bits per heavy atom. The maximum absolute atomic E-state index is 12.9. The van der Waals surface area contributed by atoms with Crippen molar-refractivity contribution in [1.82, 2.24) is 4.90 Å². The van der Waals surface area contributed by atoms with Gasteiger partial charge in [0.25, 0.3) is 5.91 Å². The van der Waals surface area contributed by atoms with Crippen molar-refractivity contribution in [1.29, 1.82) is 0 Å². The Morgan fingerprint density at radius 2 is 1.67 bits per heavy atom. The van der Waals surface area contributed by atoms with Gasteiger partial charge in [0, 0.05) is 24.2 Å². The van der Waals surface area contributed by atoms with Crippen molar-refractivity contribution in [3.05, 3.63) is 17.2 Å². The van der Waals surface area contributed by atoms with Crippen molar-refractivity contribution in [2.24, 2.45) is 5.14 Å². The van der Waals surface area contributed by atoms with Crippen LogP contribution >= 0.6 is 0 Å². The molecule has 7 nitrogen and oxygen atoms in total. The largest absolute Gasteiger partial charge is 0.492 e. The molecule has 0 heterocycles. The molecule has 0 bridgehead atoms. The number of primary sulfonamides is 1. The molecule has 0 radical (unpaired) electrons. The lowest BCUT2D eigenvalue weighted by Crippen LogP contribution is -2.32. The number of rotatable bonds is 7. The van der Waals surface area contributed by atoms with Crippen molar-refractivity contribution >= 4 is 15.9 Å². The number of hydrogen-bond donors (Lipinski definition) is 1. The molecule has 0 atom stereocenters. The summed E-state index contributed by atoms with van der Waals surface area (Å²) in [6.07, 6.45) is 0. The van der Waals surface area contributed by atoms with E-state index in [4.69, 9.17) is 14.6 Å². The minimum atomic E-state index is -4.09. The first kappa shape index (κ1) is 20.2. The SMILES string of the molecule is CCN(CC)C(=O)c1cc(S(N)(=O)=O)c(OC)c(OC)c1C(C)C.